The maximum absolute atomic E-state index is 12.0. The summed E-state index contributed by atoms with van der Waals surface area (Å²) in [5.74, 6) is 1.14. The lowest BCUT2D eigenvalue weighted by atomic mass is 10.2. The Morgan fingerprint density at radius 3 is 2.57 bits per heavy atom. The summed E-state index contributed by atoms with van der Waals surface area (Å²) < 4.78 is 16.6. The molecule has 0 atom stereocenters. The molecule has 0 aliphatic rings. The molecule has 3 rings (SSSR count). The van der Waals surface area contributed by atoms with E-state index in [0.29, 0.717) is 29.1 Å². The molecule has 5 heteroatoms. The molecule has 0 radical (unpaired) electrons. The molecule has 0 saturated heterocycles. The van der Waals surface area contributed by atoms with E-state index in [1.807, 2.05) is 30.3 Å². The molecule has 3 aromatic rings. The van der Waals surface area contributed by atoms with Crippen molar-refractivity contribution in [2.24, 2.45) is 0 Å². The van der Waals surface area contributed by atoms with Crippen LogP contribution in [0, 0.1) is 0 Å². The summed E-state index contributed by atoms with van der Waals surface area (Å²) in [7, 11) is 1.51. The van der Waals surface area contributed by atoms with Gasteiger partial charge in [0.15, 0.2) is 16.9 Å². The Morgan fingerprint density at radius 1 is 1.09 bits per heavy atom. The van der Waals surface area contributed by atoms with Crippen molar-refractivity contribution in [1.29, 1.82) is 0 Å². The van der Waals surface area contributed by atoms with E-state index < -0.39 is 0 Å². The van der Waals surface area contributed by atoms with E-state index in [-0.39, 0.29) is 17.8 Å². The van der Waals surface area contributed by atoms with Crippen molar-refractivity contribution in [3.8, 4) is 11.5 Å². The maximum Gasteiger partial charge on any atom is 0.193 e. The number of rotatable bonds is 5. The average molecular weight is 312 g/mol. The number of methoxy groups -OCH3 is 1. The SMILES string of the molecule is COc1cc2c(=O)cc(CO)oc2cc1OCc1ccccc1. The third-order valence-corrected chi connectivity index (χ3v) is 3.46. The quantitative estimate of drug-likeness (QED) is 0.784. The van der Waals surface area contributed by atoms with E-state index in [2.05, 4.69) is 0 Å². The Kier molecular flexibility index (Phi) is 4.30. The zero-order chi connectivity index (χ0) is 16.2. The molecule has 1 N–H and O–H groups in total. The largest absolute Gasteiger partial charge is 0.493 e. The van der Waals surface area contributed by atoms with Gasteiger partial charge in [0.1, 0.15) is 24.6 Å². The van der Waals surface area contributed by atoms with Crippen LogP contribution in [0.3, 0.4) is 0 Å². The highest BCUT2D eigenvalue weighted by molar-refractivity contribution is 5.80. The molecule has 0 bridgehead atoms. The van der Waals surface area contributed by atoms with Gasteiger partial charge in [0.05, 0.1) is 12.5 Å². The molecular weight excluding hydrogens is 296 g/mol. The fourth-order valence-corrected chi connectivity index (χ4v) is 2.30. The van der Waals surface area contributed by atoms with Crippen molar-refractivity contribution < 1.29 is 19.0 Å². The van der Waals surface area contributed by atoms with Crippen LogP contribution in [-0.2, 0) is 13.2 Å². The van der Waals surface area contributed by atoms with Crippen LogP contribution in [0.5, 0.6) is 11.5 Å². The monoisotopic (exact) mass is 312 g/mol. The fourth-order valence-electron chi connectivity index (χ4n) is 2.30. The molecule has 0 spiro atoms. The number of ether oxygens (including phenoxy) is 2. The number of aliphatic hydroxyl groups excluding tert-OH is 1. The van der Waals surface area contributed by atoms with E-state index in [4.69, 9.17) is 19.0 Å². The predicted molar refractivity (Wildman–Crippen MR) is 85.7 cm³/mol. The van der Waals surface area contributed by atoms with Crippen LogP contribution in [0.2, 0.25) is 0 Å². The van der Waals surface area contributed by atoms with Gasteiger partial charge >= 0.3 is 0 Å². The summed E-state index contributed by atoms with van der Waals surface area (Å²) in [4.78, 5) is 12.0. The predicted octanol–water partition coefficient (Wildman–Crippen LogP) is 2.87. The van der Waals surface area contributed by atoms with Gasteiger partial charge in [-0.3, -0.25) is 4.79 Å². The highest BCUT2D eigenvalue weighted by atomic mass is 16.5. The maximum atomic E-state index is 12.0. The number of benzene rings is 2. The van der Waals surface area contributed by atoms with Gasteiger partial charge in [-0.15, -0.1) is 0 Å². The Hall–Kier alpha value is -2.79. The summed E-state index contributed by atoms with van der Waals surface area (Å²) in [6, 6.07) is 14.2. The van der Waals surface area contributed by atoms with E-state index >= 15 is 0 Å². The lowest BCUT2D eigenvalue weighted by Gasteiger charge is -2.12. The molecule has 0 amide bonds. The zero-order valence-electron chi connectivity index (χ0n) is 12.6. The normalized spacial score (nSPS) is 10.7. The first-order chi connectivity index (χ1) is 11.2. The molecule has 1 aromatic heterocycles. The topological polar surface area (TPSA) is 68.9 Å². The molecule has 0 unspecified atom stereocenters. The summed E-state index contributed by atoms with van der Waals surface area (Å²) in [6.45, 7) is 0.0318. The highest BCUT2D eigenvalue weighted by Gasteiger charge is 2.12. The molecule has 0 aliphatic carbocycles. The standard InChI is InChI=1S/C18H16O5/c1-21-17-8-14-15(20)7-13(10-19)23-16(14)9-18(17)22-11-12-5-3-2-4-6-12/h2-9,19H,10-11H2,1H3. The van der Waals surface area contributed by atoms with E-state index in [0.717, 1.165) is 5.56 Å². The minimum absolute atomic E-state index is 0.210. The minimum Gasteiger partial charge on any atom is -0.493 e. The van der Waals surface area contributed by atoms with Crippen LogP contribution in [0.25, 0.3) is 11.0 Å². The van der Waals surface area contributed by atoms with Crippen molar-refractivity contribution in [3.63, 3.8) is 0 Å². The second-order valence-electron chi connectivity index (χ2n) is 5.01. The molecule has 0 fully saturated rings. The second kappa shape index (κ2) is 6.54. The Labute approximate surface area is 132 Å². The van der Waals surface area contributed by atoms with Gasteiger partial charge in [-0.25, -0.2) is 0 Å². The molecule has 0 aliphatic heterocycles. The van der Waals surface area contributed by atoms with E-state index in [9.17, 15) is 4.79 Å². The summed E-state index contributed by atoms with van der Waals surface area (Å²) in [5, 5.41) is 9.54. The van der Waals surface area contributed by atoms with Crippen molar-refractivity contribution >= 4 is 11.0 Å². The third-order valence-electron chi connectivity index (χ3n) is 3.46. The molecule has 118 valence electrons. The van der Waals surface area contributed by atoms with Gasteiger partial charge in [-0.1, -0.05) is 30.3 Å². The van der Waals surface area contributed by atoms with Crippen LogP contribution < -0.4 is 14.9 Å². The van der Waals surface area contributed by atoms with Crippen molar-refractivity contribution in [1.82, 2.24) is 0 Å². The first kappa shape index (κ1) is 15.1. The van der Waals surface area contributed by atoms with Crippen LogP contribution in [0.15, 0.2) is 57.7 Å². The smallest absolute Gasteiger partial charge is 0.193 e. The summed E-state index contributed by atoms with van der Waals surface area (Å²) >= 11 is 0. The lowest BCUT2D eigenvalue weighted by molar-refractivity contribution is 0.248. The van der Waals surface area contributed by atoms with Crippen LogP contribution >= 0.6 is 0 Å². The number of aliphatic hydroxyl groups is 1. The fraction of sp³-hybridized carbons (Fsp3) is 0.167. The highest BCUT2D eigenvalue weighted by Crippen LogP contribution is 2.32. The van der Waals surface area contributed by atoms with Gasteiger partial charge in [-0.2, -0.15) is 0 Å². The van der Waals surface area contributed by atoms with E-state index in [1.54, 1.807) is 12.1 Å². The average Bonchev–Trinajstić information content (AvgIpc) is 2.60. The molecule has 0 saturated carbocycles. The molecule has 2 aromatic carbocycles. The first-order valence-electron chi connectivity index (χ1n) is 7.13. The van der Waals surface area contributed by atoms with Crippen LogP contribution in [-0.4, -0.2) is 12.2 Å². The summed E-state index contributed by atoms with van der Waals surface area (Å²) in [5.41, 5.74) is 1.13. The molecule has 1 heterocycles. The van der Waals surface area contributed by atoms with Crippen molar-refractivity contribution in [3.05, 3.63) is 70.1 Å². The molecule has 23 heavy (non-hydrogen) atoms. The Morgan fingerprint density at radius 2 is 1.87 bits per heavy atom. The number of fused-ring (bicyclic) bond motifs is 1. The Bertz CT molecular complexity index is 868. The van der Waals surface area contributed by atoms with Gasteiger partial charge in [0.2, 0.25) is 0 Å². The Balaban J connectivity index is 1.99. The van der Waals surface area contributed by atoms with Gasteiger partial charge < -0.3 is 19.0 Å². The summed E-state index contributed by atoms with van der Waals surface area (Å²) in [6.07, 6.45) is 0. The molecular formula is C18H16O5. The number of hydrogen-bond acceptors (Lipinski definition) is 5. The van der Waals surface area contributed by atoms with Crippen molar-refractivity contribution in [2.75, 3.05) is 7.11 Å². The minimum atomic E-state index is -0.336. The zero-order valence-corrected chi connectivity index (χ0v) is 12.6. The van der Waals surface area contributed by atoms with Gasteiger partial charge in [-0.05, 0) is 11.6 Å². The first-order valence-corrected chi connectivity index (χ1v) is 7.13. The molecule has 5 nitrogen and oxygen atoms in total. The second-order valence-corrected chi connectivity index (χ2v) is 5.01. The number of hydrogen-bond donors (Lipinski definition) is 1. The van der Waals surface area contributed by atoms with Crippen LogP contribution in [0.1, 0.15) is 11.3 Å². The van der Waals surface area contributed by atoms with Crippen molar-refractivity contribution in [2.45, 2.75) is 13.2 Å². The lowest BCUT2D eigenvalue weighted by Crippen LogP contribution is -2.04. The van der Waals surface area contributed by atoms with Gasteiger partial charge in [0, 0.05) is 12.1 Å². The van der Waals surface area contributed by atoms with E-state index in [1.165, 1.54) is 13.2 Å². The van der Waals surface area contributed by atoms with Crippen LogP contribution in [0.4, 0.5) is 0 Å². The van der Waals surface area contributed by atoms with Gasteiger partial charge in [0.25, 0.3) is 0 Å². The third kappa shape index (κ3) is 3.19.